The number of halogens is 2. The van der Waals surface area contributed by atoms with E-state index in [0.717, 1.165) is 31.0 Å². The topological polar surface area (TPSA) is 55.0 Å². The monoisotopic (exact) mass is 398 g/mol. The van der Waals surface area contributed by atoms with E-state index >= 15 is 0 Å². The molecule has 0 saturated carbocycles. The molecule has 1 aliphatic heterocycles. The molecule has 0 bridgehead atoms. The van der Waals surface area contributed by atoms with Crippen molar-refractivity contribution in [3.05, 3.63) is 52.4 Å². The Balaban J connectivity index is 0.00000243. The van der Waals surface area contributed by atoms with Crippen LogP contribution in [0.1, 0.15) is 5.76 Å². The molecule has 142 valence electrons. The normalized spacial score (nSPS) is 20.8. The minimum absolute atomic E-state index is 0. The molecule has 0 radical (unpaired) electrons. The second-order valence-corrected chi connectivity index (χ2v) is 7.02. The van der Waals surface area contributed by atoms with Crippen LogP contribution in [-0.4, -0.2) is 67.7 Å². The molecule has 0 aliphatic carbocycles. The first kappa shape index (κ1) is 20.9. The van der Waals surface area contributed by atoms with Crippen LogP contribution in [0, 0.1) is 5.21 Å². The maximum Gasteiger partial charge on any atom is 0.159 e. The summed E-state index contributed by atoms with van der Waals surface area (Å²) >= 11 is 5.90. The van der Waals surface area contributed by atoms with Crippen LogP contribution in [0.5, 0.6) is 0 Å². The molecule has 1 unspecified atom stereocenters. The zero-order chi connectivity index (χ0) is 17.9. The Morgan fingerprint density at radius 1 is 1.27 bits per heavy atom. The summed E-state index contributed by atoms with van der Waals surface area (Å²) in [5, 5.41) is 17.6. The van der Waals surface area contributed by atoms with Gasteiger partial charge >= 0.3 is 0 Å². The van der Waals surface area contributed by atoms with E-state index < -0.39 is 4.76 Å². The van der Waals surface area contributed by atoms with Crippen LogP contribution in [0.15, 0.2) is 45.9 Å². The van der Waals surface area contributed by atoms with Crippen molar-refractivity contribution in [2.75, 3.05) is 46.9 Å². The summed E-state index contributed by atoms with van der Waals surface area (Å²) in [6, 6.07) is 11.1. The summed E-state index contributed by atoms with van der Waals surface area (Å²) < 4.78 is 5.18. The van der Waals surface area contributed by atoms with Gasteiger partial charge in [-0.25, -0.2) is 9.66 Å². The van der Waals surface area contributed by atoms with Gasteiger partial charge in [-0.15, -0.1) is 12.4 Å². The van der Waals surface area contributed by atoms with Crippen LogP contribution in [0.4, 0.5) is 0 Å². The smallest absolute Gasteiger partial charge is 0.159 e. The number of nitrogens with zero attached hydrogens (tertiary/aromatic N) is 4. The first-order valence-electron chi connectivity index (χ1n) is 8.30. The van der Waals surface area contributed by atoms with Crippen molar-refractivity contribution in [2.45, 2.75) is 0 Å². The fourth-order valence-electron chi connectivity index (χ4n) is 2.72. The van der Waals surface area contributed by atoms with Crippen molar-refractivity contribution in [3.63, 3.8) is 0 Å². The van der Waals surface area contributed by atoms with Crippen molar-refractivity contribution in [1.82, 2.24) is 9.80 Å². The van der Waals surface area contributed by atoms with Gasteiger partial charge in [0, 0.05) is 23.7 Å². The van der Waals surface area contributed by atoms with Gasteiger partial charge in [-0.2, -0.15) is 0 Å². The van der Waals surface area contributed by atoms with E-state index in [1.165, 1.54) is 6.21 Å². The Hall–Kier alpha value is -1.41. The average Bonchev–Trinajstić information content (AvgIpc) is 3.19. The molecule has 1 fully saturated rings. The molecule has 8 heteroatoms. The van der Waals surface area contributed by atoms with Gasteiger partial charge in [-0.05, 0) is 50.5 Å². The van der Waals surface area contributed by atoms with Crippen molar-refractivity contribution >= 4 is 30.2 Å². The fourth-order valence-corrected chi connectivity index (χ4v) is 2.85. The van der Waals surface area contributed by atoms with Crippen LogP contribution < -0.4 is 0 Å². The minimum atomic E-state index is -0.579. The van der Waals surface area contributed by atoms with Crippen molar-refractivity contribution < 1.29 is 9.17 Å². The summed E-state index contributed by atoms with van der Waals surface area (Å²) in [7, 11) is 4.06. The van der Waals surface area contributed by atoms with Gasteiger partial charge in [0.25, 0.3) is 0 Å². The van der Waals surface area contributed by atoms with Crippen molar-refractivity contribution in [2.24, 2.45) is 5.10 Å². The molecule has 1 aromatic heterocycles. The Morgan fingerprint density at radius 2 is 2.00 bits per heavy atom. The number of hydroxylamine groups is 2. The number of quaternary nitrogens is 1. The van der Waals surface area contributed by atoms with Crippen molar-refractivity contribution in [1.29, 1.82) is 0 Å². The van der Waals surface area contributed by atoms with E-state index in [-0.39, 0.29) is 12.4 Å². The molecule has 2 heterocycles. The van der Waals surface area contributed by atoms with Crippen molar-refractivity contribution in [3.8, 4) is 11.3 Å². The van der Waals surface area contributed by atoms with Crippen LogP contribution in [-0.2, 0) is 0 Å². The van der Waals surface area contributed by atoms with E-state index in [2.05, 4.69) is 14.9 Å². The molecule has 1 aromatic carbocycles. The quantitative estimate of drug-likeness (QED) is 0.424. The number of rotatable bonds is 6. The number of furan rings is 1. The molecule has 26 heavy (non-hydrogen) atoms. The molecule has 1 atom stereocenters. The van der Waals surface area contributed by atoms with Gasteiger partial charge < -0.3 is 14.5 Å². The minimum Gasteiger partial charge on any atom is -0.604 e. The molecule has 6 nitrogen and oxygen atoms in total. The van der Waals surface area contributed by atoms with E-state index in [1.54, 1.807) is 0 Å². The van der Waals surface area contributed by atoms with Gasteiger partial charge in [0.1, 0.15) is 18.5 Å². The van der Waals surface area contributed by atoms with Gasteiger partial charge in [0.2, 0.25) is 0 Å². The third kappa shape index (κ3) is 5.54. The van der Waals surface area contributed by atoms with Gasteiger partial charge in [-0.3, -0.25) is 0 Å². The number of benzene rings is 1. The van der Waals surface area contributed by atoms with Crippen LogP contribution in [0.25, 0.3) is 11.3 Å². The highest BCUT2D eigenvalue weighted by Crippen LogP contribution is 2.23. The highest BCUT2D eigenvalue weighted by Gasteiger charge is 2.29. The van der Waals surface area contributed by atoms with Crippen LogP contribution in [0.2, 0.25) is 5.02 Å². The lowest BCUT2D eigenvalue weighted by Gasteiger charge is -2.30. The van der Waals surface area contributed by atoms with Gasteiger partial charge in [0.15, 0.2) is 12.4 Å². The lowest BCUT2D eigenvalue weighted by Crippen LogP contribution is -2.37. The Morgan fingerprint density at radius 3 is 2.69 bits per heavy atom. The Bertz CT molecular complexity index is 733. The zero-order valence-corrected chi connectivity index (χ0v) is 16.5. The molecular formula is C18H24Cl2N4O2. The highest BCUT2D eigenvalue weighted by atomic mass is 35.5. The molecular weight excluding hydrogens is 375 g/mol. The van der Waals surface area contributed by atoms with Crippen LogP contribution >= 0.6 is 24.0 Å². The molecule has 1 aliphatic rings. The summed E-state index contributed by atoms with van der Waals surface area (Å²) in [6.07, 6.45) is 1.53. The average molecular weight is 399 g/mol. The summed E-state index contributed by atoms with van der Waals surface area (Å²) in [4.78, 5) is 4.26. The SMILES string of the molecule is CN(C)CCN1CC[N+]([O-])(N=Cc2ccc(-c3ccc(Cl)cc3)o2)C1.Cl. The predicted molar refractivity (Wildman–Crippen MR) is 107 cm³/mol. The molecule has 2 aromatic rings. The lowest BCUT2D eigenvalue weighted by atomic mass is 10.2. The number of likely N-dealkylation sites (N-methyl/N-ethyl adjacent to an activating group) is 1. The summed E-state index contributed by atoms with van der Waals surface area (Å²) in [5.74, 6) is 1.30. The maximum atomic E-state index is 12.7. The maximum absolute atomic E-state index is 12.7. The third-order valence-electron chi connectivity index (χ3n) is 4.20. The second kappa shape index (κ2) is 8.99. The van der Waals surface area contributed by atoms with Gasteiger partial charge in [0.05, 0.1) is 6.54 Å². The number of hydrogen-bond acceptors (Lipinski definition) is 5. The summed E-state index contributed by atoms with van der Waals surface area (Å²) in [6.45, 7) is 3.44. The molecule has 3 rings (SSSR count). The molecule has 0 amide bonds. The molecule has 0 N–H and O–H groups in total. The Kier molecular flexibility index (Phi) is 7.23. The van der Waals surface area contributed by atoms with E-state index in [4.69, 9.17) is 16.0 Å². The predicted octanol–water partition coefficient (Wildman–Crippen LogP) is 3.51. The van der Waals surface area contributed by atoms with E-state index in [1.807, 2.05) is 50.5 Å². The third-order valence-corrected chi connectivity index (χ3v) is 4.45. The summed E-state index contributed by atoms with van der Waals surface area (Å²) in [5.41, 5.74) is 0.936. The number of hydrogen-bond donors (Lipinski definition) is 0. The molecule has 1 saturated heterocycles. The second-order valence-electron chi connectivity index (χ2n) is 6.59. The van der Waals surface area contributed by atoms with Crippen LogP contribution in [0.3, 0.4) is 0 Å². The largest absolute Gasteiger partial charge is 0.604 e. The zero-order valence-electron chi connectivity index (χ0n) is 15.0. The Labute approximate surface area is 165 Å². The molecule has 0 spiro atoms. The standard InChI is InChI=1S/C18H23ClN4O2.ClH/c1-21(2)9-10-22-11-12-23(24,14-22)20-13-17-7-8-18(25-17)15-3-5-16(19)6-4-15;/h3-8,13H,9-12,14H2,1-2H3;1H. The highest BCUT2D eigenvalue weighted by molar-refractivity contribution is 6.30. The lowest BCUT2D eigenvalue weighted by molar-refractivity contribution is -0.878. The first-order chi connectivity index (χ1) is 11.9. The van der Waals surface area contributed by atoms with Gasteiger partial charge in [-0.1, -0.05) is 16.7 Å². The van der Waals surface area contributed by atoms with E-state index in [9.17, 15) is 5.21 Å². The van der Waals surface area contributed by atoms with E-state index in [0.29, 0.717) is 24.0 Å². The fraction of sp³-hybridized carbons (Fsp3) is 0.389. The first-order valence-corrected chi connectivity index (χ1v) is 8.68.